The fourth-order valence-electron chi connectivity index (χ4n) is 1.45. The van der Waals surface area contributed by atoms with E-state index in [0.717, 1.165) is 19.3 Å². The SMILES string of the molecule is C[C@H](O)CNC(=O)CC1(N)CCC1. The van der Waals surface area contributed by atoms with Crippen LogP contribution in [-0.2, 0) is 4.79 Å². The standard InChI is InChI=1S/C9H18N2O2/c1-7(12)6-11-8(13)5-9(10)3-2-4-9/h7,12H,2-6,10H2,1H3,(H,11,13)/t7-/m0/s1. The first-order valence-corrected chi connectivity index (χ1v) is 4.75. The summed E-state index contributed by atoms with van der Waals surface area (Å²) in [7, 11) is 0. The molecule has 0 bridgehead atoms. The van der Waals surface area contributed by atoms with Gasteiger partial charge in [-0.2, -0.15) is 0 Å². The molecule has 0 saturated heterocycles. The molecule has 1 aliphatic carbocycles. The summed E-state index contributed by atoms with van der Waals surface area (Å²) in [5.74, 6) is -0.0527. The number of rotatable bonds is 4. The zero-order valence-electron chi connectivity index (χ0n) is 8.05. The molecule has 1 fully saturated rings. The summed E-state index contributed by atoms with van der Waals surface area (Å²) in [6, 6.07) is 0. The van der Waals surface area contributed by atoms with Crippen LogP contribution in [-0.4, -0.2) is 29.2 Å². The summed E-state index contributed by atoms with van der Waals surface area (Å²) in [6.45, 7) is 1.96. The Labute approximate surface area is 78.5 Å². The van der Waals surface area contributed by atoms with Crippen molar-refractivity contribution in [2.24, 2.45) is 5.73 Å². The lowest BCUT2D eigenvalue weighted by Crippen LogP contribution is -2.50. The highest BCUT2D eigenvalue weighted by Crippen LogP contribution is 2.31. The van der Waals surface area contributed by atoms with Crippen LogP contribution >= 0.6 is 0 Å². The van der Waals surface area contributed by atoms with Crippen molar-refractivity contribution in [1.82, 2.24) is 5.32 Å². The second-order valence-corrected chi connectivity index (χ2v) is 4.05. The van der Waals surface area contributed by atoms with E-state index in [9.17, 15) is 4.79 Å². The molecule has 1 amide bonds. The fourth-order valence-corrected chi connectivity index (χ4v) is 1.45. The Kier molecular flexibility index (Phi) is 3.27. The van der Waals surface area contributed by atoms with Gasteiger partial charge in [0.05, 0.1) is 6.10 Å². The molecular formula is C9H18N2O2. The van der Waals surface area contributed by atoms with E-state index in [2.05, 4.69) is 5.32 Å². The Hall–Kier alpha value is -0.610. The number of hydrogen-bond acceptors (Lipinski definition) is 3. The molecule has 0 aromatic heterocycles. The summed E-state index contributed by atoms with van der Waals surface area (Å²) in [4.78, 5) is 11.3. The van der Waals surface area contributed by atoms with Crippen molar-refractivity contribution >= 4 is 5.91 Å². The molecule has 0 unspecified atom stereocenters. The molecule has 0 radical (unpaired) electrons. The minimum atomic E-state index is -0.487. The molecule has 4 nitrogen and oxygen atoms in total. The van der Waals surface area contributed by atoms with Gasteiger partial charge >= 0.3 is 0 Å². The third-order valence-corrected chi connectivity index (χ3v) is 2.46. The van der Waals surface area contributed by atoms with Gasteiger partial charge < -0.3 is 16.2 Å². The molecule has 1 aliphatic rings. The third-order valence-electron chi connectivity index (χ3n) is 2.46. The van der Waals surface area contributed by atoms with Crippen LogP contribution in [0.15, 0.2) is 0 Å². The highest BCUT2D eigenvalue weighted by Gasteiger charge is 2.34. The predicted molar refractivity (Wildman–Crippen MR) is 50.1 cm³/mol. The molecule has 13 heavy (non-hydrogen) atoms. The van der Waals surface area contributed by atoms with Gasteiger partial charge in [-0.3, -0.25) is 4.79 Å². The molecular weight excluding hydrogens is 168 g/mol. The number of carbonyl (C=O) groups is 1. The first-order valence-electron chi connectivity index (χ1n) is 4.75. The lowest BCUT2D eigenvalue weighted by molar-refractivity contribution is -0.123. The highest BCUT2D eigenvalue weighted by atomic mass is 16.3. The molecule has 1 saturated carbocycles. The summed E-state index contributed by atoms with van der Waals surface area (Å²) in [5, 5.41) is 11.6. The number of nitrogens with one attached hydrogen (secondary N) is 1. The van der Waals surface area contributed by atoms with E-state index < -0.39 is 6.10 Å². The van der Waals surface area contributed by atoms with Crippen LogP contribution in [0, 0.1) is 0 Å². The Morgan fingerprint density at radius 1 is 1.69 bits per heavy atom. The summed E-state index contributed by atoms with van der Waals surface area (Å²) >= 11 is 0. The van der Waals surface area contributed by atoms with Gasteiger partial charge in [0.25, 0.3) is 0 Å². The number of aliphatic hydroxyl groups is 1. The van der Waals surface area contributed by atoms with Crippen LogP contribution in [0.5, 0.6) is 0 Å². The van der Waals surface area contributed by atoms with Crippen molar-refractivity contribution < 1.29 is 9.90 Å². The van der Waals surface area contributed by atoms with E-state index in [0.29, 0.717) is 13.0 Å². The van der Waals surface area contributed by atoms with E-state index in [-0.39, 0.29) is 11.4 Å². The van der Waals surface area contributed by atoms with Crippen LogP contribution < -0.4 is 11.1 Å². The molecule has 0 aromatic carbocycles. The first-order chi connectivity index (χ1) is 6.02. The van der Waals surface area contributed by atoms with E-state index >= 15 is 0 Å². The van der Waals surface area contributed by atoms with Gasteiger partial charge in [0.1, 0.15) is 0 Å². The van der Waals surface area contributed by atoms with Gasteiger partial charge in [-0.15, -0.1) is 0 Å². The van der Waals surface area contributed by atoms with Crippen LogP contribution in [0.4, 0.5) is 0 Å². The minimum Gasteiger partial charge on any atom is -0.392 e. The number of hydrogen-bond donors (Lipinski definition) is 3. The number of aliphatic hydroxyl groups excluding tert-OH is 1. The molecule has 76 valence electrons. The second kappa shape index (κ2) is 4.07. The van der Waals surface area contributed by atoms with Crippen LogP contribution in [0.2, 0.25) is 0 Å². The normalized spacial score (nSPS) is 21.8. The van der Waals surface area contributed by atoms with Crippen molar-refractivity contribution in [1.29, 1.82) is 0 Å². The van der Waals surface area contributed by atoms with Crippen molar-refractivity contribution in [3.63, 3.8) is 0 Å². The van der Waals surface area contributed by atoms with Gasteiger partial charge in [0.15, 0.2) is 0 Å². The molecule has 1 rings (SSSR count). The highest BCUT2D eigenvalue weighted by molar-refractivity contribution is 5.77. The molecule has 0 spiro atoms. The Morgan fingerprint density at radius 3 is 2.69 bits per heavy atom. The number of amides is 1. The van der Waals surface area contributed by atoms with Crippen LogP contribution in [0.25, 0.3) is 0 Å². The van der Waals surface area contributed by atoms with Crippen LogP contribution in [0.3, 0.4) is 0 Å². The van der Waals surface area contributed by atoms with Crippen molar-refractivity contribution in [2.75, 3.05) is 6.54 Å². The van der Waals surface area contributed by atoms with Crippen molar-refractivity contribution in [2.45, 2.75) is 44.2 Å². The van der Waals surface area contributed by atoms with Gasteiger partial charge in [-0.1, -0.05) is 0 Å². The van der Waals surface area contributed by atoms with E-state index in [1.54, 1.807) is 6.92 Å². The Balaban J connectivity index is 2.17. The molecule has 0 heterocycles. The number of carbonyl (C=O) groups excluding carboxylic acids is 1. The Morgan fingerprint density at radius 2 is 2.31 bits per heavy atom. The first kappa shape index (κ1) is 10.5. The molecule has 0 aliphatic heterocycles. The fraction of sp³-hybridized carbons (Fsp3) is 0.889. The predicted octanol–water partition coefficient (Wildman–Crippen LogP) is -0.245. The third kappa shape index (κ3) is 3.32. The minimum absolute atomic E-state index is 0.0527. The quantitative estimate of drug-likeness (QED) is 0.567. The molecule has 0 aromatic rings. The molecule has 4 N–H and O–H groups in total. The van der Waals surface area contributed by atoms with Gasteiger partial charge in [-0.05, 0) is 26.2 Å². The summed E-state index contributed by atoms with van der Waals surface area (Å²) < 4.78 is 0. The smallest absolute Gasteiger partial charge is 0.221 e. The maximum absolute atomic E-state index is 11.3. The van der Waals surface area contributed by atoms with Crippen molar-refractivity contribution in [3.05, 3.63) is 0 Å². The molecule has 1 atom stereocenters. The number of nitrogens with two attached hydrogens (primary N) is 1. The Bertz CT molecular complexity index is 188. The van der Waals surface area contributed by atoms with Gasteiger partial charge in [-0.25, -0.2) is 0 Å². The van der Waals surface area contributed by atoms with Gasteiger partial charge in [0, 0.05) is 18.5 Å². The molecule has 4 heteroatoms. The van der Waals surface area contributed by atoms with Gasteiger partial charge in [0.2, 0.25) is 5.91 Å². The second-order valence-electron chi connectivity index (χ2n) is 4.05. The topological polar surface area (TPSA) is 75.3 Å². The average molecular weight is 186 g/mol. The average Bonchev–Trinajstić information content (AvgIpc) is 1.98. The lowest BCUT2D eigenvalue weighted by Gasteiger charge is -2.37. The zero-order valence-corrected chi connectivity index (χ0v) is 8.05. The monoisotopic (exact) mass is 186 g/mol. The maximum atomic E-state index is 11.3. The van der Waals surface area contributed by atoms with Crippen molar-refractivity contribution in [3.8, 4) is 0 Å². The lowest BCUT2D eigenvalue weighted by atomic mass is 9.75. The van der Waals surface area contributed by atoms with Crippen LogP contribution in [0.1, 0.15) is 32.6 Å². The largest absolute Gasteiger partial charge is 0.392 e. The summed E-state index contributed by atoms with van der Waals surface area (Å²) in [6.07, 6.45) is 2.91. The van der Waals surface area contributed by atoms with E-state index in [1.165, 1.54) is 0 Å². The van der Waals surface area contributed by atoms with E-state index in [1.807, 2.05) is 0 Å². The maximum Gasteiger partial charge on any atom is 0.221 e. The van der Waals surface area contributed by atoms with E-state index in [4.69, 9.17) is 10.8 Å². The zero-order chi connectivity index (χ0) is 9.90. The summed E-state index contributed by atoms with van der Waals surface area (Å²) in [5.41, 5.74) is 5.63.